The molecule has 194 valence electrons. The van der Waals surface area contributed by atoms with E-state index in [1.165, 1.54) is 19.0 Å². The van der Waals surface area contributed by atoms with Gasteiger partial charge in [-0.15, -0.1) is 0 Å². The van der Waals surface area contributed by atoms with E-state index in [0.29, 0.717) is 17.5 Å². The van der Waals surface area contributed by atoms with Gasteiger partial charge in [0.05, 0.1) is 32.4 Å². The Morgan fingerprint density at radius 2 is 1.78 bits per heavy atom. The molecule has 0 bridgehead atoms. The molecule has 0 amide bonds. The third-order valence-corrected chi connectivity index (χ3v) is 7.06. The average Bonchev–Trinajstić information content (AvgIpc) is 3.21. The van der Waals surface area contributed by atoms with Gasteiger partial charge in [0.15, 0.2) is 0 Å². The van der Waals surface area contributed by atoms with Crippen molar-refractivity contribution in [3.05, 3.63) is 48.2 Å². The standard InChI is InChI=1S/C26H31F3N4O3/c1-17-22(16-24(34)36-3)33(31-25(17)26(27,28)29)20-6-4-18(5-7-20)14-19-9-12-32(13-10-19)21-8-11-30-23(15-21)35-2/h4-8,11,15,17,19,22H,9-10,12-14,16H2,1-3H3/t17-,22-/m0/s1. The number of hydrogen-bond acceptors (Lipinski definition) is 7. The molecule has 36 heavy (non-hydrogen) atoms. The van der Waals surface area contributed by atoms with E-state index in [9.17, 15) is 18.0 Å². The van der Waals surface area contributed by atoms with Crippen LogP contribution in [0.3, 0.4) is 0 Å². The van der Waals surface area contributed by atoms with E-state index in [-0.39, 0.29) is 6.42 Å². The van der Waals surface area contributed by atoms with Crippen LogP contribution in [0.2, 0.25) is 0 Å². The number of alkyl halides is 3. The number of piperidine rings is 1. The fourth-order valence-corrected chi connectivity index (χ4v) is 4.98. The molecule has 0 saturated carbocycles. The van der Waals surface area contributed by atoms with E-state index >= 15 is 0 Å². The molecular weight excluding hydrogens is 473 g/mol. The summed E-state index contributed by atoms with van der Waals surface area (Å²) in [6.07, 6.45) is -0.0106. The summed E-state index contributed by atoms with van der Waals surface area (Å²) in [5, 5.41) is 5.19. The summed E-state index contributed by atoms with van der Waals surface area (Å²) < 4.78 is 50.4. The van der Waals surface area contributed by atoms with Crippen molar-refractivity contribution in [2.45, 2.75) is 44.8 Å². The molecule has 4 rings (SSSR count). The zero-order chi connectivity index (χ0) is 25.9. The third-order valence-electron chi connectivity index (χ3n) is 7.06. The molecule has 2 aliphatic rings. The number of carbonyl (C=O) groups excluding carboxylic acids is 1. The molecule has 2 atom stereocenters. The Balaban J connectivity index is 1.40. The summed E-state index contributed by atoms with van der Waals surface area (Å²) in [7, 11) is 2.83. The molecule has 0 aliphatic carbocycles. The van der Waals surface area contributed by atoms with Crippen molar-refractivity contribution in [3.63, 3.8) is 0 Å². The minimum absolute atomic E-state index is 0.176. The second-order valence-electron chi connectivity index (χ2n) is 9.32. The molecule has 2 aliphatic heterocycles. The number of halogens is 3. The normalized spacial score (nSPS) is 20.9. The second kappa shape index (κ2) is 10.8. The van der Waals surface area contributed by atoms with Gasteiger partial charge in [-0.05, 0) is 48.9 Å². The van der Waals surface area contributed by atoms with Gasteiger partial charge in [-0.25, -0.2) is 4.98 Å². The van der Waals surface area contributed by atoms with E-state index in [1.54, 1.807) is 25.4 Å². The Morgan fingerprint density at radius 1 is 1.08 bits per heavy atom. The van der Waals surface area contributed by atoms with E-state index in [1.807, 2.05) is 24.3 Å². The molecule has 0 unspecified atom stereocenters. The number of ether oxygens (including phenoxy) is 2. The van der Waals surface area contributed by atoms with Gasteiger partial charge >= 0.3 is 12.1 Å². The minimum Gasteiger partial charge on any atom is -0.481 e. The van der Waals surface area contributed by atoms with Gasteiger partial charge in [0.25, 0.3) is 0 Å². The molecule has 1 aromatic heterocycles. The highest BCUT2D eigenvalue weighted by molar-refractivity contribution is 5.96. The van der Waals surface area contributed by atoms with Crippen LogP contribution in [0.5, 0.6) is 5.88 Å². The average molecular weight is 505 g/mol. The maximum atomic E-state index is 13.5. The monoisotopic (exact) mass is 504 g/mol. The Hall–Kier alpha value is -3.30. The predicted octanol–water partition coefficient (Wildman–Crippen LogP) is 4.86. The first kappa shape index (κ1) is 25.8. The van der Waals surface area contributed by atoms with Crippen LogP contribution in [-0.2, 0) is 16.0 Å². The number of nitrogens with zero attached hydrogens (tertiary/aromatic N) is 4. The SMILES string of the molecule is COC(=O)C[C@H]1[C@H](C)C(C(F)(F)F)=NN1c1ccc(CC2CCN(c3ccnc(OC)c3)CC2)cc1. The van der Waals surface area contributed by atoms with Gasteiger partial charge < -0.3 is 14.4 Å². The number of hydrazone groups is 1. The highest BCUT2D eigenvalue weighted by Gasteiger charge is 2.48. The summed E-state index contributed by atoms with van der Waals surface area (Å²) >= 11 is 0. The van der Waals surface area contributed by atoms with E-state index < -0.39 is 29.8 Å². The highest BCUT2D eigenvalue weighted by Crippen LogP contribution is 2.37. The molecule has 10 heteroatoms. The Kier molecular flexibility index (Phi) is 7.70. The quantitative estimate of drug-likeness (QED) is 0.502. The third kappa shape index (κ3) is 5.74. The second-order valence-corrected chi connectivity index (χ2v) is 9.32. The number of esters is 1. The van der Waals surface area contributed by atoms with Crippen LogP contribution in [0.4, 0.5) is 24.5 Å². The van der Waals surface area contributed by atoms with Crippen molar-refractivity contribution >= 4 is 23.1 Å². The molecule has 0 radical (unpaired) electrons. The Morgan fingerprint density at radius 3 is 2.39 bits per heavy atom. The zero-order valence-corrected chi connectivity index (χ0v) is 20.7. The van der Waals surface area contributed by atoms with Crippen LogP contribution in [-0.4, -0.2) is 56.2 Å². The first-order chi connectivity index (χ1) is 17.2. The lowest BCUT2D eigenvalue weighted by atomic mass is 9.90. The van der Waals surface area contributed by atoms with Crippen LogP contribution < -0.4 is 14.6 Å². The molecule has 0 spiro atoms. The lowest BCUT2D eigenvalue weighted by Gasteiger charge is -2.33. The molecular formula is C26H31F3N4O3. The summed E-state index contributed by atoms with van der Waals surface area (Å²) in [6.45, 7) is 3.32. The topological polar surface area (TPSA) is 67.3 Å². The van der Waals surface area contributed by atoms with E-state index in [2.05, 4.69) is 15.0 Å². The van der Waals surface area contributed by atoms with E-state index in [4.69, 9.17) is 9.47 Å². The van der Waals surface area contributed by atoms with Crippen molar-refractivity contribution in [3.8, 4) is 5.88 Å². The van der Waals surface area contributed by atoms with Crippen LogP contribution in [0.15, 0.2) is 47.7 Å². The number of carbonyl (C=O) groups is 1. The maximum Gasteiger partial charge on any atom is 0.431 e. The number of rotatable bonds is 7. The molecule has 2 aromatic rings. The molecule has 0 N–H and O–H groups in total. The van der Waals surface area contributed by atoms with Crippen LogP contribution >= 0.6 is 0 Å². The maximum absolute atomic E-state index is 13.5. The highest BCUT2D eigenvalue weighted by atomic mass is 19.4. The Labute approximate surface area is 208 Å². The van der Waals surface area contributed by atoms with Crippen molar-refractivity contribution in [1.29, 1.82) is 0 Å². The summed E-state index contributed by atoms with van der Waals surface area (Å²) in [5.41, 5.74) is 1.88. The zero-order valence-electron chi connectivity index (χ0n) is 20.7. The number of aromatic nitrogens is 1. The number of methoxy groups -OCH3 is 2. The van der Waals surface area contributed by atoms with Gasteiger partial charge in [-0.2, -0.15) is 18.3 Å². The molecule has 3 heterocycles. The fraction of sp³-hybridized carbons (Fsp3) is 0.500. The lowest BCUT2D eigenvalue weighted by Crippen LogP contribution is -2.37. The van der Waals surface area contributed by atoms with Crippen molar-refractivity contribution < 1.29 is 27.4 Å². The molecule has 7 nitrogen and oxygen atoms in total. The number of anilines is 2. The van der Waals surface area contributed by atoms with Gasteiger partial charge in [0.1, 0.15) is 5.71 Å². The summed E-state index contributed by atoms with van der Waals surface area (Å²) in [6, 6.07) is 10.6. The first-order valence-electron chi connectivity index (χ1n) is 12.0. The molecule has 1 saturated heterocycles. The largest absolute Gasteiger partial charge is 0.481 e. The van der Waals surface area contributed by atoms with Crippen molar-refractivity contribution in [1.82, 2.24) is 4.98 Å². The van der Waals surface area contributed by atoms with Gasteiger partial charge in [0, 0.05) is 37.0 Å². The lowest BCUT2D eigenvalue weighted by molar-refractivity contribution is -0.141. The number of hydrogen-bond donors (Lipinski definition) is 0. The summed E-state index contributed by atoms with van der Waals surface area (Å²) in [4.78, 5) is 18.4. The van der Waals surface area contributed by atoms with Crippen LogP contribution in [0.25, 0.3) is 0 Å². The number of benzene rings is 1. The van der Waals surface area contributed by atoms with Gasteiger partial charge in [-0.3, -0.25) is 9.80 Å². The van der Waals surface area contributed by atoms with Crippen LogP contribution in [0.1, 0.15) is 31.7 Å². The van der Waals surface area contributed by atoms with Crippen molar-refractivity contribution in [2.75, 3.05) is 37.2 Å². The predicted molar refractivity (Wildman–Crippen MR) is 131 cm³/mol. The van der Waals surface area contributed by atoms with Gasteiger partial charge in [0.2, 0.25) is 5.88 Å². The number of pyridine rings is 1. The van der Waals surface area contributed by atoms with Gasteiger partial charge in [-0.1, -0.05) is 19.1 Å². The smallest absolute Gasteiger partial charge is 0.431 e. The minimum atomic E-state index is -4.56. The first-order valence-corrected chi connectivity index (χ1v) is 12.0. The summed E-state index contributed by atoms with van der Waals surface area (Å²) in [5.74, 6) is -0.398. The van der Waals surface area contributed by atoms with Crippen molar-refractivity contribution in [2.24, 2.45) is 16.9 Å². The molecule has 1 fully saturated rings. The van der Waals surface area contributed by atoms with E-state index in [0.717, 1.165) is 43.6 Å². The Bertz CT molecular complexity index is 1080. The molecule has 1 aromatic carbocycles. The fourth-order valence-electron chi connectivity index (χ4n) is 4.98. The van der Waals surface area contributed by atoms with Crippen LogP contribution in [0, 0.1) is 11.8 Å².